The summed E-state index contributed by atoms with van der Waals surface area (Å²) < 4.78 is 11.7. The van der Waals surface area contributed by atoms with E-state index in [-0.39, 0.29) is 11.5 Å². The fraction of sp³-hybridized carbons (Fsp3) is 0.857. The Kier molecular flexibility index (Phi) is 6.76. The second-order valence-electron chi connectivity index (χ2n) is 8.21. The standard InChI is InChI=1S/C21H36N2O3/c1-4-16(3)7-6-11-23-14-18-17(13-22-20(24)9-12-25-5-2)19-8-10-21(18,15-23)26-19/h7,17-19H,4-6,8-15H2,1-3H3,(H,22,24)/t17-,18+,19+,21+/m0/s1. The summed E-state index contributed by atoms with van der Waals surface area (Å²) in [6, 6.07) is 0. The normalized spacial score (nSPS) is 33.7. The highest BCUT2D eigenvalue weighted by Crippen LogP contribution is 2.54. The average molecular weight is 365 g/mol. The molecule has 3 heterocycles. The molecule has 3 fully saturated rings. The van der Waals surface area contributed by atoms with Crippen molar-refractivity contribution in [1.82, 2.24) is 10.2 Å². The van der Waals surface area contributed by atoms with Crippen LogP contribution in [0.4, 0.5) is 0 Å². The number of hydrogen-bond acceptors (Lipinski definition) is 4. The second kappa shape index (κ2) is 8.85. The molecule has 148 valence electrons. The van der Waals surface area contributed by atoms with Crippen molar-refractivity contribution in [2.45, 2.75) is 64.6 Å². The summed E-state index contributed by atoms with van der Waals surface area (Å²) in [6.07, 6.45) is 7.79. The van der Waals surface area contributed by atoms with E-state index in [9.17, 15) is 4.79 Å². The summed E-state index contributed by atoms with van der Waals surface area (Å²) in [5, 5.41) is 3.13. The Morgan fingerprint density at radius 2 is 2.27 bits per heavy atom. The molecule has 0 saturated carbocycles. The zero-order valence-corrected chi connectivity index (χ0v) is 16.8. The number of ether oxygens (including phenoxy) is 2. The van der Waals surface area contributed by atoms with Crippen LogP contribution in [0.15, 0.2) is 11.6 Å². The minimum atomic E-state index is 0.0644. The highest BCUT2D eigenvalue weighted by atomic mass is 16.5. The molecule has 0 unspecified atom stereocenters. The van der Waals surface area contributed by atoms with Gasteiger partial charge in [0.25, 0.3) is 0 Å². The van der Waals surface area contributed by atoms with Crippen LogP contribution in [0.25, 0.3) is 0 Å². The third kappa shape index (κ3) is 4.32. The van der Waals surface area contributed by atoms with Crippen LogP contribution >= 0.6 is 0 Å². The minimum absolute atomic E-state index is 0.0644. The Morgan fingerprint density at radius 1 is 1.42 bits per heavy atom. The van der Waals surface area contributed by atoms with Gasteiger partial charge in [-0.05, 0) is 39.5 Å². The summed E-state index contributed by atoms with van der Waals surface area (Å²) in [7, 11) is 0. The van der Waals surface area contributed by atoms with Crippen LogP contribution in [0, 0.1) is 11.8 Å². The number of rotatable bonds is 10. The largest absolute Gasteiger partial charge is 0.381 e. The van der Waals surface area contributed by atoms with Crippen LogP contribution < -0.4 is 5.32 Å². The first kappa shape index (κ1) is 19.8. The highest BCUT2D eigenvalue weighted by molar-refractivity contribution is 5.75. The summed E-state index contributed by atoms with van der Waals surface area (Å²) in [4.78, 5) is 14.6. The van der Waals surface area contributed by atoms with Crippen LogP contribution in [0.1, 0.15) is 52.9 Å². The zero-order chi connectivity index (χ0) is 18.6. The highest BCUT2D eigenvalue weighted by Gasteiger charge is 2.62. The Hall–Kier alpha value is -0.910. The van der Waals surface area contributed by atoms with E-state index in [0.29, 0.717) is 37.6 Å². The van der Waals surface area contributed by atoms with Crippen molar-refractivity contribution < 1.29 is 14.3 Å². The van der Waals surface area contributed by atoms with Gasteiger partial charge in [0, 0.05) is 51.0 Å². The SMILES string of the molecule is CCOCCC(=O)NC[C@H]1[C@H]2CN(CCC=C(C)CC)C[C@]23CC[C@H]1O3. The van der Waals surface area contributed by atoms with Crippen LogP contribution in [0.2, 0.25) is 0 Å². The lowest BCUT2D eigenvalue weighted by Crippen LogP contribution is -2.42. The molecule has 1 spiro atoms. The molecule has 3 saturated heterocycles. The van der Waals surface area contributed by atoms with E-state index >= 15 is 0 Å². The third-order valence-corrected chi connectivity index (χ3v) is 6.56. The van der Waals surface area contributed by atoms with Gasteiger partial charge in [0.05, 0.1) is 18.3 Å². The smallest absolute Gasteiger partial charge is 0.222 e. The molecule has 0 aromatic carbocycles. The maximum Gasteiger partial charge on any atom is 0.222 e. The van der Waals surface area contributed by atoms with Crippen LogP contribution in [-0.4, -0.2) is 61.9 Å². The predicted octanol–water partition coefficient (Wildman–Crippen LogP) is 2.76. The van der Waals surface area contributed by atoms with Crippen molar-refractivity contribution >= 4 is 5.91 Å². The summed E-state index contributed by atoms with van der Waals surface area (Å²) in [6.45, 7) is 11.6. The van der Waals surface area contributed by atoms with E-state index in [1.54, 1.807) is 0 Å². The number of fused-ring (bicyclic) bond motifs is 1. The number of carbonyl (C=O) groups excluding carboxylic acids is 1. The van der Waals surface area contributed by atoms with Gasteiger partial charge in [-0.2, -0.15) is 0 Å². The molecule has 5 heteroatoms. The van der Waals surface area contributed by atoms with Gasteiger partial charge < -0.3 is 14.8 Å². The number of allylic oxidation sites excluding steroid dienone is 1. The van der Waals surface area contributed by atoms with Crippen LogP contribution in [0.5, 0.6) is 0 Å². The fourth-order valence-electron chi connectivity index (χ4n) is 5.00. The maximum atomic E-state index is 12.0. The van der Waals surface area contributed by atoms with Gasteiger partial charge >= 0.3 is 0 Å². The molecule has 0 aliphatic carbocycles. The monoisotopic (exact) mass is 364 g/mol. The number of nitrogens with zero attached hydrogens (tertiary/aromatic N) is 1. The molecular formula is C21H36N2O3. The molecule has 2 bridgehead atoms. The van der Waals surface area contributed by atoms with Crippen molar-refractivity contribution in [3.05, 3.63) is 11.6 Å². The first-order valence-corrected chi connectivity index (χ1v) is 10.5. The Bertz CT molecular complexity index is 521. The maximum absolute atomic E-state index is 12.0. The lowest BCUT2D eigenvalue weighted by Gasteiger charge is -2.29. The van der Waals surface area contributed by atoms with E-state index in [1.807, 2.05) is 6.92 Å². The van der Waals surface area contributed by atoms with Crippen molar-refractivity contribution in [3.8, 4) is 0 Å². The molecule has 0 aromatic heterocycles. The first-order chi connectivity index (χ1) is 12.6. The van der Waals surface area contributed by atoms with E-state index < -0.39 is 0 Å². The summed E-state index contributed by atoms with van der Waals surface area (Å²) in [5.41, 5.74) is 1.54. The molecule has 1 N–H and O–H groups in total. The van der Waals surface area contributed by atoms with E-state index in [0.717, 1.165) is 45.4 Å². The Balaban J connectivity index is 1.48. The Labute approximate surface area is 158 Å². The third-order valence-electron chi connectivity index (χ3n) is 6.56. The van der Waals surface area contributed by atoms with E-state index in [2.05, 4.69) is 30.1 Å². The van der Waals surface area contributed by atoms with Crippen molar-refractivity contribution in [2.75, 3.05) is 39.4 Å². The summed E-state index contributed by atoms with van der Waals surface area (Å²) in [5.74, 6) is 1.15. The molecule has 3 rings (SSSR count). The fourth-order valence-corrected chi connectivity index (χ4v) is 5.00. The number of hydrogen-bond donors (Lipinski definition) is 1. The van der Waals surface area contributed by atoms with Crippen LogP contribution in [-0.2, 0) is 14.3 Å². The molecule has 1 amide bonds. The van der Waals surface area contributed by atoms with Crippen molar-refractivity contribution in [1.29, 1.82) is 0 Å². The second-order valence-corrected chi connectivity index (χ2v) is 8.21. The molecule has 5 nitrogen and oxygen atoms in total. The molecule has 3 aliphatic heterocycles. The van der Waals surface area contributed by atoms with Crippen LogP contribution in [0.3, 0.4) is 0 Å². The predicted molar refractivity (Wildman–Crippen MR) is 103 cm³/mol. The zero-order valence-electron chi connectivity index (χ0n) is 16.8. The van der Waals surface area contributed by atoms with E-state index in [4.69, 9.17) is 9.47 Å². The quantitative estimate of drug-likeness (QED) is 0.478. The number of amides is 1. The lowest BCUT2D eigenvalue weighted by atomic mass is 9.73. The molecule has 0 aromatic rings. The van der Waals surface area contributed by atoms with Gasteiger partial charge in [0.1, 0.15) is 0 Å². The number of nitrogens with one attached hydrogen (secondary N) is 1. The van der Waals surface area contributed by atoms with Gasteiger partial charge in [-0.25, -0.2) is 0 Å². The molecule has 26 heavy (non-hydrogen) atoms. The average Bonchev–Trinajstić information content (AvgIpc) is 3.28. The van der Waals surface area contributed by atoms with Crippen molar-refractivity contribution in [3.63, 3.8) is 0 Å². The Morgan fingerprint density at radius 3 is 3.04 bits per heavy atom. The summed E-state index contributed by atoms with van der Waals surface area (Å²) >= 11 is 0. The van der Waals surface area contributed by atoms with Gasteiger partial charge in [-0.15, -0.1) is 0 Å². The van der Waals surface area contributed by atoms with Gasteiger partial charge in [-0.1, -0.05) is 18.6 Å². The first-order valence-electron chi connectivity index (χ1n) is 10.5. The minimum Gasteiger partial charge on any atom is -0.381 e. The molecule has 3 aliphatic rings. The topological polar surface area (TPSA) is 50.8 Å². The molecule has 4 atom stereocenters. The van der Waals surface area contributed by atoms with Gasteiger partial charge in [0.2, 0.25) is 5.91 Å². The number of carbonyl (C=O) groups is 1. The van der Waals surface area contributed by atoms with Crippen molar-refractivity contribution in [2.24, 2.45) is 11.8 Å². The van der Waals surface area contributed by atoms with E-state index in [1.165, 1.54) is 12.0 Å². The molecule has 0 radical (unpaired) electrons. The molecular weight excluding hydrogens is 328 g/mol. The van der Waals surface area contributed by atoms with Gasteiger partial charge in [-0.3, -0.25) is 9.69 Å². The van der Waals surface area contributed by atoms with Gasteiger partial charge in [0.15, 0.2) is 0 Å². The number of likely N-dealkylation sites (tertiary alicyclic amines) is 1. The lowest BCUT2D eigenvalue weighted by molar-refractivity contribution is -0.122.